The van der Waals surface area contributed by atoms with Gasteiger partial charge in [0.05, 0.1) is 4.92 Å². The first-order valence-electron chi connectivity index (χ1n) is 5.40. The lowest BCUT2D eigenvalue weighted by atomic mass is 10.2. The number of hydrogen-bond acceptors (Lipinski definition) is 4. The number of non-ortho nitro benzene ring substituents is 1. The van der Waals surface area contributed by atoms with Gasteiger partial charge >= 0.3 is 0 Å². The molecule has 0 saturated carbocycles. The van der Waals surface area contributed by atoms with Crippen LogP contribution in [0.3, 0.4) is 0 Å². The second kappa shape index (κ2) is 5.66. The van der Waals surface area contributed by atoms with Crippen molar-refractivity contribution in [2.24, 2.45) is 5.73 Å². The van der Waals surface area contributed by atoms with E-state index in [4.69, 9.17) is 5.73 Å². The molecule has 0 aliphatic carbocycles. The van der Waals surface area contributed by atoms with E-state index in [0.29, 0.717) is 6.54 Å². The number of nitrogens with zero attached hydrogens (tertiary/aromatic N) is 1. The van der Waals surface area contributed by atoms with Crippen LogP contribution in [0, 0.1) is 10.1 Å². The normalized spacial score (nSPS) is 10.3. The molecule has 18 heavy (non-hydrogen) atoms. The van der Waals surface area contributed by atoms with Gasteiger partial charge in [-0.2, -0.15) is 0 Å². The molecular weight excluding hydrogens is 248 g/mol. The molecule has 0 unspecified atom stereocenters. The van der Waals surface area contributed by atoms with Gasteiger partial charge in [-0.05, 0) is 29.8 Å². The third kappa shape index (κ3) is 3.09. The fourth-order valence-electron chi connectivity index (χ4n) is 1.47. The van der Waals surface area contributed by atoms with Crippen LogP contribution in [0.1, 0.15) is 5.56 Å². The maximum Gasteiger partial charge on any atom is 0.269 e. The Morgan fingerprint density at radius 1 is 1.00 bits per heavy atom. The van der Waals surface area contributed by atoms with Gasteiger partial charge in [0, 0.05) is 28.5 Å². The lowest BCUT2D eigenvalue weighted by Gasteiger charge is -2.02. The van der Waals surface area contributed by atoms with E-state index in [0.717, 1.165) is 15.4 Å². The van der Waals surface area contributed by atoms with Gasteiger partial charge in [-0.25, -0.2) is 0 Å². The van der Waals surface area contributed by atoms with E-state index in [2.05, 4.69) is 0 Å². The summed E-state index contributed by atoms with van der Waals surface area (Å²) in [6, 6.07) is 14.5. The molecule has 0 aliphatic rings. The highest BCUT2D eigenvalue weighted by atomic mass is 32.2. The summed E-state index contributed by atoms with van der Waals surface area (Å²) in [4.78, 5) is 12.2. The van der Waals surface area contributed by atoms with Crippen molar-refractivity contribution >= 4 is 17.4 Å². The Labute approximate surface area is 109 Å². The van der Waals surface area contributed by atoms with Gasteiger partial charge in [0.25, 0.3) is 5.69 Å². The molecule has 4 nitrogen and oxygen atoms in total. The Morgan fingerprint density at radius 2 is 1.50 bits per heavy atom. The number of rotatable bonds is 4. The zero-order chi connectivity index (χ0) is 13.0. The van der Waals surface area contributed by atoms with Gasteiger partial charge in [0.1, 0.15) is 0 Å². The molecule has 0 radical (unpaired) electrons. The maximum atomic E-state index is 10.5. The lowest BCUT2D eigenvalue weighted by molar-refractivity contribution is -0.384. The monoisotopic (exact) mass is 260 g/mol. The van der Waals surface area contributed by atoms with Crippen LogP contribution in [0.15, 0.2) is 58.3 Å². The molecule has 0 amide bonds. The molecule has 0 atom stereocenters. The molecule has 0 spiro atoms. The molecular formula is C13H12N2O2S. The topological polar surface area (TPSA) is 69.2 Å². The SMILES string of the molecule is NCc1ccc(Sc2ccc([N+](=O)[O-])cc2)cc1. The van der Waals surface area contributed by atoms with E-state index in [9.17, 15) is 10.1 Å². The quantitative estimate of drug-likeness (QED) is 0.677. The zero-order valence-corrected chi connectivity index (χ0v) is 10.4. The van der Waals surface area contributed by atoms with Crippen molar-refractivity contribution in [1.82, 2.24) is 0 Å². The highest BCUT2D eigenvalue weighted by Crippen LogP contribution is 2.28. The molecule has 2 aromatic carbocycles. The van der Waals surface area contributed by atoms with Crippen molar-refractivity contribution < 1.29 is 4.92 Å². The van der Waals surface area contributed by atoms with Crippen molar-refractivity contribution in [3.05, 3.63) is 64.2 Å². The van der Waals surface area contributed by atoms with Crippen LogP contribution in [0.2, 0.25) is 0 Å². The van der Waals surface area contributed by atoms with Crippen molar-refractivity contribution in [2.75, 3.05) is 0 Å². The van der Waals surface area contributed by atoms with Crippen LogP contribution in [0.4, 0.5) is 5.69 Å². The summed E-state index contributed by atoms with van der Waals surface area (Å²) in [6.07, 6.45) is 0. The third-order valence-electron chi connectivity index (χ3n) is 2.44. The molecule has 0 aromatic heterocycles. The standard InChI is InChI=1S/C13H12N2O2S/c14-9-10-1-5-12(6-2-10)18-13-7-3-11(4-8-13)15(16)17/h1-8H,9,14H2. The minimum Gasteiger partial charge on any atom is -0.326 e. The number of nitrogens with two attached hydrogens (primary N) is 1. The molecule has 2 aromatic rings. The van der Waals surface area contributed by atoms with Crippen LogP contribution in [-0.4, -0.2) is 4.92 Å². The number of nitro groups is 1. The molecule has 5 heteroatoms. The molecule has 2 N–H and O–H groups in total. The Morgan fingerprint density at radius 3 is 1.94 bits per heavy atom. The lowest BCUT2D eigenvalue weighted by Crippen LogP contribution is -1.94. The number of hydrogen-bond donors (Lipinski definition) is 1. The van der Waals surface area contributed by atoms with Gasteiger partial charge in [-0.3, -0.25) is 10.1 Å². The first kappa shape index (κ1) is 12.6. The molecule has 0 bridgehead atoms. The van der Waals surface area contributed by atoms with Crippen molar-refractivity contribution in [1.29, 1.82) is 0 Å². The summed E-state index contributed by atoms with van der Waals surface area (Å²) in [5.74, 6) is 0. The summed E-state index contributed by atoms with van der Waals surface area (Å²) in [7, 11) is 0. The Bertz CT molecular complexity index is 538. The minimum atomic E-state index is -0.398. The van der Waals surface area contributed by atoms with Crippen molar-refractivity contribution in [3.63, 3.8) is 0 Å². The van der Waals surface area contributed by atoms with Gasteiger partial charge in [-0.1, -0.05) is 23.9 Å². The van der Waals surface area contributed by atoms with Gasteiger partial charge in [0.2, 0.25) is 0 Å². The Kier molecular flexibility index (Phi) is 3.96. The highest BCUT2D eigenvalue weighted by Gasteiger charge is 2.04. The molecule has 0 heterocycles. The third-order valence-corrected chi connectivity index (χ3v) is 3.46. The van der Waals surface area contributed by atoms with Crippen LogP contribution >= 0.6 is 11.8 Å². The molecule has 2 rings (SSSR count). The summed E-state index contributed by atoms with van der Waals surface area (Å²) < 4.78 is 0. The summed E-state index contributed by atoms with van der Waals surface area (Å²) >= 11 is 1.56. The average molecular weight is 260 g/mol. The molecule has 0 saturated heterocycles. The van der Waals surface area contributed by atoms with Gasteiger partial charge < -0.3 is 5.73 Å². The van der Waals surface area contributed by atoms with Crippen LogP contribution < -0.4 is 5.73 Å². The van der Waals surface area contributed by atoms with E-state index in [1.54, 1.807) is 23.9 Å². The summed E-state index contributed by atoms with van der Waals surface area (Å²) in [6.45, 7) is 0.530. The largest absolute Gasteiger partial charge is 0.326 e. The van der Waals surface area contributed by atoms with Crippen LogP contribution in [0.5, 0.6) is 0 Å². The highest BCUT2D eigenvalue weighted by molar-refractivity contribution is 7.99. The predicted molar refractivity (Wildman–Crippen MR) is 71.6 cm³/mol. The minimum absolute atomic E-state index is 0.109. The van der Waals surface area contributed by atoms with Gasteiger partial charge in [0.15, 0.2) is 0 Å². The summed E-state index contributed by atoms with van der Waals surface area (Å²) in [5, 5.41) is 10.5. The molecule has 0 aliphatic heterocycles. The maximum absolute atomic E-state index is 10.5. The van der Waals surface area contributed by atoms with E-state index in [1.807, 2.05) is 24.3 Å². The Hall–Kier alpha value is -1.85. The summed E-state index contributed by atoms with van der Waals surface area (Å²) in [5.41, 5.74) is 6.72. The van der Waals surface area contributed by atoms with E-state index in [-0.39, 0.29) is 5.69 Å². The molecule has 0 fully saturated rings. The van der Waals surface area contributed by atoms with Crippen molar-refractivity contribution in [2.45, 2.75) is 16.3 Å². The van der Waals surface area contributed by atoms with E-state index < -0.39 is 4.92 Å². The van der Waals surface area contributed by atoms with Crippen molar-refractivity contribution in [3.8, 4) is 0 Å². The second-order valence-electron chi connectivity index (χ2n) is 3.70. The fourth-order valence-corrected chi connectivity index (χ4v) is 2.28. The zero-order valence-electron chi connectivity index (χ0n) is 9.58. The smallest absolute Gasteiger partial charge is 0.269 e. The first-order valence-corrected chi connectivity index (χ1v) is 6.22. The first-order chi connectivity index (χ1) is 8.69. The second-order valence-corrected chi connectivity index (χ2v) is 4.85. The number of benzene rings is 2. The average Bonchev–Trinajstić information content (AvgIpc) is 2.40. The van der Waals surface area contributed by atoms with Crippen LogP contribution in [-0.2, 0) is 6.54 Å². The van der Waals surface area contributed by atoms with Gasteiger partial charge in [-0.15, -0.1) is 0 Å². The Balaban J connectivity index is 2.10. The van der Waals surface area contributed by atoms with Crippen LogP contribution in [0.25, 0.3) is 0 Å². The fraction of sp³-hybridized carbons (Fsp3) is 0.0769. The predicted octanol–water partition coefficient (Wildman–Crippen LogP) is 3.20. The number of nitro benzene ring substituents is 1. The van der Waals surface area contributed by atoms with E-state index >= 15 is 0 Å². The molecule has 92 valence electrons. The van der Waals surface area contributed by atoms with E-state index in [1.165, 1.54) is 12.1 Å².